The maximum Gasteiger partial charge on any atom is 0.229 e. The van der Waals surface area contributed by atoms with E-state index in [1.54, 1.807) is 0 Å². The van der Waals surface area contributed by atoms with Crippen molar-refractivity contribution < 1.29 is 9.59 Å². The topological polar surface area (TPSA) is 49.4 Å². The highest BCUT2D eigenvalue weighted by Crippen LogP contribution is 2.21. The molecule has 0 saturated carbocycles. The molecule has 1 unspecified atom stereocenters. The van der Waals surface area contributed by atoms with Crippen LogP contribution in [0.5, 0.6) is 0 Å². The minimum absolute atomic E-state index is 0.00898. The van der Waals surface area contributed by atoms with Gasteiger partial charge in [0.05, 0.1) is 6.04 Å². The molecular formula is C15H20N2O2. The third-order valence-electron chi connectivity index (χ3n) is 3.80. The van der Waals surface area contributed by atoms with E-state index in [-0.39, 0.29) is 17.9 Å². The molecule has 0 aliphatic carbocycles. The van der Waals surface area contributed by atoms with Crippen molar-refractivity contribution in [1.29, 1.82) is 0 Å². The zero-order valence-corrected chi connectivity index (χ0v) is 11.7. The van der Waals surface area contributed by atoms with Gasteiger partial charge in [0.2, 0.25) is 11.8 Å². The van der Waals surface area contributed by atoms with Gasteiger partial charge in [0.1, 0.15) is 0 Å². The average Bonchev–Trinajstić information content (AvgIpc) is 2.70. The summed E-state index contributed by atoms with van der Waals surface area (Å²) in [7, 11) is 1.85. The zero-order chi connectivity index (χ0) is 14.0. The maximum absolute atomic E-state index is 11.7. The highest BCUT2D eigenvalue weighted by atomic mass is 16.2. The number of rotatable bonds is 4. The summed E-state index contributed by atoms with van der Waals surface area (Å²) in [5, 5.41) is 3.19. The number of hydrogen-bond donors (Lipinski definition) is 1. The van der Waals surface area contributed by atoms with Crippen molar-refractivity contribution in [2.24, 2.45) is 0 Å². The molecule has 0 aromatic heterocycles. The summed E-state index contributed by atoms with van der Waals surface area (Å²) in [4.78, 5) is 24.7. The summed E-state index contributed by atoms with van der Waals surface area (Å²) in [6.45, 7) is 4.55. The normalized spacial score (nSPS) is 17.1. The van der Waals surface area contributed by atoms with Gasteiger partial charge in [0.15, 0.2) is 0 Å². The molecular weight excluding hydrogens is 240 g/mol. The van der Waals surface area contributed by atoms with Crippen molar-refractivity contribution in [2.45, 2.75) is 32.7 Å². The molecule has 19 heavy (non-hydrogen) atoms. The first-order valence-corrected chi connectivity index (χ1v) is 6.60. The fourth-order valence-corrected chi connectivity index (χ4v) is 2.35. The molecule has 2 amide bonds. The molecule has 0 bridgehead atoms. The summed E-state index contributed by atoms with van der Waals surface area (Å²) >= 11 is 0. The number of hydrogen-bond acceptors (Lipinski definition) is 3. The summed E-state index contributed by atoms with van der Waals surface area (Å²) in [5.74, 6) is -0.122. The Morgan fingerprint density at radius 1 is 1.16 bits per heavy atom. The van der Waals surface area contributed by atoms with Crippen molar-refractivity contribution in [3.05, 3.63) is 34.9 Å². The summed E-state index contributed by atoms with van der Waals surface area (Å²) in [6.07, 6.45) is 0.699. The number of amides is 2. The lowest BCUT2D eigenvalue weighted by atomic mass is 10.0. The number of likely N-dealkylation sites (N-methyl/N-ethyl adjacent to an activating group) is 1. The van der Waals surface area contributed by atoms with Gasteiger partial charge >= 0.3 is 0 Å². The minimum Gasteiger partial charge on any atom is -0.312 e. The van der Waals surface area contributed by atoms with Crippen LogP contribution in [0.15, 0.2) is 18.2 Å². The van der Waals surface area contributed by atoms with Crippen molar-refractivity contribution in [3.63, 3.8) is 0 Å². The van der Waals surface area contributed by atoms with E-state index < -0.39 is 0 Å². The molecule has 4 heteroatoms. The molecule has 1 heterocycles. The second-order valence-electron chi connectivity index (χ2n) is 5.08. The van der Waals surface area contributed by atoms with E-state index >= 15 is 0 Å². The van der Waals surface area contributed by atoms with Crippen LogP contribution in [0.1, 0.15) is 35.6 Å². The molecule has 4 nitrogen and oxygen atoms in total. The minimum atomic E-state index is -0.0610. The summed E-state index contributed by atoms with van der Waals surface area (Å²) in [6, 6.07) is 6.23. The molecule has 0 radical (unpaired) electrons. The Labute approximate surface area is 113 Å². The quantitative estimate of drug-likeness (QED) is 0.838. The monoisotopic (exact) mass is 260 g/mol. The SMILES string of the molecule is CNC(CN1C(=O)CCC1=O)c1ccc(C)c(C)c1. The molecule has 0 spiro atoms. The number of nitrogens with one attached hydrogen (secondary N) is 1. The third kappa shape index (κ3) is 2.84. The summed E-state index contributed by atoms with van der Waals surface area (Å²) in [5.41, 5.74) is 3.57. The lowest BCUT2D eigenvalue weighted by molar-refractivity contribution is -0.138. The van der Waals surface area contributed by atoms with Gasteiger partial charge in [-0.2, -0.15) is 0 Å². The van der Waals surface area contributed by atoms with Crippen LogP contribution in [0.4, 0.5) is 0 Å². The van der Waals surface area contributed by atoms with Gasteiger partial charge in [0.25, 0.3) is 0 Å². The second kappa shape index (κ2) is 5.53. The van der Waals surface area contributed by atoms with Gasteiger partial charge in [-0.15, -0.1) is 0 Å². The Bertz CT molecular complexity index is 495. The molecule has 1 aromatic carbocycles. The lowest BCUT2D eigenvalue weighted by Crippen LogP contribution is -2.37. The predicted molar refractivity (Wildman–Crippen MR) is 73.7 cm³/mol. The molecule has 1 aliphatic heterocycles. The Morgan fingerprint density at radius 2 is 1.79 bits per heavy atom. The molecule has 2 rings (SSSR count). The fraction of sp³-hybridized carbons (Fsp3) is 0.467. The van der Waals surface area contributed by atoms with Crippen molar-refractivity contribution in [3.8, 4) is 0 Å². The first-order chi connectivity index (χ1) is 9.02. The number of nitrogens with zero attached hydrogens (tertiary/aromatic N) is 1. The van der Waals surface area contributed by atoms with Crippen molar-refractivity contribution >= 4 is 11.8 Å². The Balaban J connectivity index is 2.18. The molecule has 1 aliphatic rings. The van der Waals surface area contributed by atoms with Gasteiger partial charge in [-0.1, -0.05) is 18.2 Å². The third-order valence-corrected chi connectivity index (χ3v) is 3.80. The predicted octanol–water partition coefficient (Wildman–Crippen LogP) is 1.71. The van der Waals surface area contributed by atoms with E-state index in [9.17, 15) is 9.59 Å². The molecule has 1 fully saturated rings. The van der Waals surface area contributed by atoms with Crippen LogP contribution in [0.2, 0.25) is 0 Å². The average molecular weight is 260 g/mol. The lowest BCUT2D eigenvalue weighted by Gasteiger charge is -2.23. The Morgan fingerprint density at radius 3 is 2.32 bits per heavy atom. The number of imide groups is 1. The second-order valence-corrected chi connectivity index (χ2v) is 5.08. The van der Waals surface area contributed by atoms with Gasteiger partial charge in [0, 0.05) is 19.4 Å². The van der Waals surface area contributed by atoms with E-state index in [1.165, 1.54) is 16.0 Å². The molecule has 1 saturated heterocycles. The smallest absolute Gasteiger partial charge is 0.229 e. The number of likely N-dealkylation sites (tertiary alicyclic amines) is 1. The van der Waals surface area contributed by atoms with Crippen LogP contribution < -0.4 is 5.32 Å². The fourth-order valence-electron chi connectivity index (χ4n) is 2.35. The van der Waals surface area contributed by atoms with Gasteiger partial charge < -0.3 is 5.32 Å². The zero-order valence-electron chi connectivity index (χ0n) is 11.7. The first-order valence-electron chi connectivity index (χ1n) is 6.60. The Kier molecular flexibility index (Phi) is 4.00. The van der Waals surface area contributed by atoms with Crippen LogP contribution in [0, 0.1) is 13.8 Å². The van der Waals surface area contributed by atoms with Crippen molar-refractivity contribution in [2.75, 3.05) is 13.6 Å². The van der Waals surface area contributed by atoms with Gasteiger partial charge in [-0.05, 0) is 37.6 Å². The maximum atomic E-state index is 11.7. The van der Waals surface area contributed by atoms with Crippen LogP contribution in [0.3, 0.4) is 0 Å². The number of carbonyl (C=O) groups is 2. The number of benzene rings is 1. The molecule has 1 aromatic rings. The highest BCUT2D eigenvalue weighted by Gasteiger charge is 2.30. The van der Waals surface area contributed by atoms with E-state index in [2.05, 4.69) is 37.4 Å². The van der Waals surface area contributed by atoms with Crippen LogP contribution in [0.25, 0.3) is 0 Å². The van der Waals surface area contributed by atoms with Crippen LogP contribution in [-0.2, 0) is 9.59 Å². The van der Waals surface area contributed by atoms with Gasteiger partial charge in [-0.3, -0.25) is 14.5 Å². The van der Waals surface area contributed by atoms with Gasteiger partial charge in [-0.25, -0.2) is 0 Å². The molecule has 102 valence electrons. The van der Waals surface area contributed by atoms with E-state index in [4.69, 9.17) is 0 Å². The first kappa shape index (κ1) is 13.7. The highest BCUT2D eigenvalue weighted by molar-refractivity contribution is 6.01. The van der Waals surface area contributed by atoms with E-state index in [0.717, 1.165) is 5.56 Å². The van der Waals surface area contributed by atoms with E-state index in [1.807, 2.05) is 7.05 Å². The van der Waals surface area contributed by atoms with Crippen LogP contribution >= 0.6 is 0 Å². The largest absolute Gasteiger partial charge is 0.312 e. The van der Waals surface area contributed by atoms with Crippen molar-refractivity contribution in [1.82, 2.24) is 10.2 Å². The molecule has 1 N–H and O–H groups in total. The number of aryl methyl sites for hydroxylation is 2. The number of carbonyl (C=O) groups excluding carboxylic acids is 2. The standard InChI is InChI=1S/C15H20N2O2/c1-10-4-5-12(8-11(10)2)13(16-3)9-17-14(18)6-7-15(17)19/h4-5,8,13,16H,6-7,9H2,1-3H3. The van der Waals surface area contributed by atoms with E-state index in [0.29, 0.717) is 19.4 Å². The Hall–Kier alpha value is -1.68. The van der Waals surface area contributed by atoms with Crippen LogP contribution in [-0.4, -0.2) is 30.3 Å². The molecule has 1 atom stereocenters. The summed E-state index contributed by atoms with van der Waals surface area (Å²) < 4.78 is 0.